The second-order valence-electron chi connectivity index (χ2n) is 6.15. The largest absolute Gasteiger partial charge is 0.307 e. The van der Waals surface area contributed by atoms with E-state index in [2.05, 4.69) is 66.3 Å². The van der Waals surface area contributed by atoms with Crippen molar-refractivity contribution in [1.29, 1.82) is 0 Å². The van der Waals surface area contributed by atoms with Crippen LogP contribution in [0.4, 0.5) is 0 Å². The molecule has 2 rings (SSSR count). The van der Waals surface area contributed by atoms with Gasteiger partial charge in [-0.3, -0.25) is 0 Å². The molecule has 2 heteroatoms. The van der Waals surface area contributed by atoms with Gasteiger partial charge in [-0.2, -0.15) is 0 Å². The zero-order valence-corrected chi connectivity index (χ0v) is 13.9. The molecule has 4 atom stereocenters. The Bertz CT molecular complexity index is 404. The summed E-state index contributed by atoms with van der Waals surface area (Å²) >= 11 is 3.57. The highest BCUT2D eigenvalue weighted by Crippen LogP contribution is 2.31. The molecule has 4 unspecified atom stereocenters. The average molecular weight is 324 g/mol. The van der Waals surface area contributed by atoms with Crippen LogP contribution in [0, 0.1) is 11.8 Å². The zero-order chi connectivity index (χ0) is 13.8. The van der Waals surface area contributed by atoms with Crippen LogP contribution < -0.4 is 5.32 Å². The monoisotopic (exact) mass is 323 g/mol. The maximum absolute atomic E-state index is 3.88. The van der Waals surface area contributed by atoms with E-state index in [-0.39, 0.29) is 0 Å². The second-order valence-corrected chi connectivity index (χ2v) is 7.06. The van der Waals surface area contributed by atoms with Crippen LogP contribution >= 0.6 is 15.9 Å². The van der Waals surface area contributed by atoms with Crippen LogP contribution in [-0.2, 0) is 0 Å². The zero-order valence-electron chi connectivity index (χ0n) is 12.3. The van der Waals surface area contributed by atoms with E-state index in [4.69, 9.17) is 0 Å². The van der Waals surface area contributed by atoms with Gasteiger partial charge in [0.05, 0.1) is 0 Å². The van der Waals surface area contributed by atoms with Crippen molar-refractivity contribution in [3.63, 3.8) is 0 Å². The van der Waals surface area contributed by atoms with Gasteiger partial charge in [0.25, 0.3) is 0 Å². The van der Waals surface area contributed by atoms with Crippen LogP contribution in [0.15, 0.2) is 28.7 Å². The van der Waals surface area contributed by atoms with Crippen molar-refractivity contribution in [3.05, 3.63) is 34.3 Å². The van der Waals surface area contributed by atoms with E-state index in [0.29, 0.717) is 12.1 Å². The number of benzene rings is 1. The molecule has 0 aliphatic heterocycles. The van der Waals surface area contributed by atoms with E-state index in [1.54, 1.807) is 0 Å². The minimum absolute atomic E-state index is 0.489. The molecule has 0 spiro atoms. The topological polar surface area (TPSA) is 12.0 Å². The van der Waals surface area contributed by atoms with Crippen LogP contribution in [0.5, 0.6) is 0 Å². The summed E-state index contributed by atoms with van der Waals surface area (Å²) in [5, 5.41) is 3.88. The average Bonchev–Trinajstić information content (AvgIpc) is 2.40. The minimum Gasteiger partial charge on any atom is -0.307 e. The molecule has 0 heterocycles. The first kappa shape index (κ1) is 15.1. The van der Waals surface area contributed by atoms with Gasteiger partial charge in [-0.15, -0.1) is 0 Å². The lowest BCUT2D eigenvalue weighted by atomic mass is 9.79. The molecule has 0 radical (unpaired) electrons. The fourth-order valence-electron chi connectivity index (χ4n) is 3.16. The molecule has 1 fully saturated rings. The predicted octanol–water partition coefficient (Wildman–Crippen LogP) is 5.31. The Morgan fingerprint density at radius 2 is 2.05 bits per heavy atom. The van der Waals surface area contributed by atoms with E-state index < -0.39 is 0 Å². The van der Waals surface area contributed by atoms with Gasteiger partial charge in [-0.25, -0.2) is 0 Å². The van der Waals surface area contributed by atoms with Gasteiger partial charge in [-0.1, -0.05) is 48.8 Å². The Balaban J connectivity index is 1.99. The molecule has 1 N–H and O–H groups in total. The van der Waals surface area contributed by atoms with Crippen molar-refractivity contribution in [2.24, 2.45) is 11.8 Å². The molecule has 1 aliphatic carbocycles. The summed E-state index contributed by atoms with van der Waals surface area (Å²) in [4.78, 5) is 0. The molecule has 1 aliphatic rings. The van der Waals surface area contributed by atoms with Crippen LogP contribution in [0.2, 0.25) is 0 Å². The van der Waals surface area contributed by atoms with Crippen molar-refractivity contribution >= 4 is 15.9 Å². The van der Waals surface area contributed by atoms with Gasteiger partial charge in [0.1, 0.15) is 0 Å². The standard InChI is InChI=1S/C17H26BrN/c1-4-17(14-6-5-7-15(18)11-14)19-16-9-8-12(2)13(3)10-16/h5-7,11-13,16-17,19H,4,8-10H2,1-3H3. The molecule has 1 aromatic carbocycles. The van der Waals surface area contributed by atoms with Crippen LogP contribution in [0.1, 0.15) is 58.1 Å². The van der Waals surface area contributed by atoms with Gasteiger partial charge in [-0.05, 0) is 55.2 Å². The Labute approximate surface area is 126 Å². The first-order valence-electron chi connectivity index (χ1n) is 7.61. The second kappa shape index (κ2) is 6.90. The van der Waals surface area contributed by atoms with Crippen molar-refractivity contribution in [3.8, 4) is 0 Å². The number of hydrogen-bond acceptors (Lipinski definition) is 1. The Hall–Kier alpha value is -0.340. The molecule has 0 aromatic heterocycles. The smallest absolute Gasteiger partial charge is 0.0320 e. The van der Waals surface area contributed by atoms with Crippen LogP contribution in [0.3, 0.4) is 0 Å². The summed E-state index contributed by atoms with van der Waals surface area (Å²) in [6.07, 6.45) is 5.17. The van der Waals surface area contributed by atoms with E-state index in [9.17, 15) is 0 Å². The number of hydrogen-bond donors (Lipinski definition) is 1. The fourth-order valence-corrected chi connectivity index (χ4v) is 3.57. The summed E-state index contributed by atoms with van der Waals surface area (Å²) in [5.74, 6) is 1.75. The lowest BCUT2D eigenvalue weighted by Crippen LogP contribution is -2.38. The fraction of sp³-hybridized carbons (Fsp3) is 0.647. The molecular formula is C17H26BrN. The van der Waals surface area contributed by atoms with Gasteiger partial charge >= 0.3 is 0 Å². The van der Waals surface area contributed by atoms with Crippen molar-refractivity contribution in [2.45, 2.75) is 58.5 Å². The SMILES string of the molecule is CCC(NC1CCC(C)C(C)C1)c1cccc(Br)c1. The summed E-state index contributed by atoms with van der Waals surface area (Å²) in [7, 11) is 0. The maximum Gasteiger partial charge on any atom is 0.0320 e. The summed E-state index contributed by atoms with van der Waals surface area (Å²) in [5.41, 5.74) is 1.41. The van der Waals surface area contributed by atoms with Crippen molar-refractivity contribution in [2.75, 3.05) is 0 Å². The molecule has 0 saturated heterocycles. The highest BCUT2D eigenvalue weighted by molar-refractivity contribution is 9.10. The third-order valence-corrected chi connectivity index (χ3v) is 5.19. The molecule has 0 bridgehead atoms. The Morgan fingerprint density at radius 3 is 2.68 bits per heavy atom. The summed E-state index contributed by atoms with van der Waals surface area (Å²) in [6, 6.07) is 9.89. The lowest BCUT2D eigenvalue weighted by Gasteiger charge is -2.35. The van der Waals surface area contributed by atoms with Gasteiger partial charge < -0.3 is 5.32 Å². The highest BCUT2D eigenvalue weighted by Gasteiger charge is 2.26. The summed E-state index contributed by atoms with van der Waals surface area (Å²) < 4.78 is 1.18. The third kappa shape index (κ3) is 4.06. The van der Waals surface area contributed by atoms with Crippen molar-refractivity contribution < 1.29 is 0 Å². The van der Waals surface area contributed by atoms with E-state index >= 15 is 0 Å². The van der Waals surface area contributed by atoms with E-state index in [1.165, 1.54) is 29.3 Å². The Kier molecular flexibility index (Phi) is 5.47. The highest BCUT2D eigenvalue weighted by atomic mass is 79.9. The minimum atomic E-state index is 0.489. The molecule has 1 nitrogen and oxygen atoms in total. The number of rotatable bonds is 4. The summed E-state index contributed by atoms with van der Waals surface area (Å²) in [6.45, 7) is 7.07. The Morgan fingerprint density at radius 1 is 1.26 bits per heavy atom. The van der Waals surface area contributed by atoms with Gasteiger partial charge in [0.15, 0.2) is 0 Å². The molecule has 19 heavy (non-hydrogen) atoms. The quantitative estimate of drug-likeness (QED) is 0.791. The maximum atomic E-state index is 3.88. The van der Waals surface area contributed by atoms with E-state index in [1.807, 2.05) is 0 Å². The van der Waals surface area contributed by atoms with Gasteiger partial charge in [0.2, 0.25) is 0 Å². The van der Waals surface area contributed by atoms with Crippen LogP contribution in [0.25, 0.3) is 0 Å². The van der Waals surface area contributed by atoms with Crippen molar-refractivity contribution in [1.82, 2.24) is 5.32 Å². The normalized spacial score (nSPS) is 29.2. The lowest BCUT2D eigenvalue weighted by molar-refractivity contribution is 0.214. The first-order chi connectivity index (χ1) is 9.10. The van der Waals surface area contributed by atoms with E-state index in [0.717, 1.165) is 18.3 Å². The predicted molar refractivity (Wildman–Crippen MR) is 86.3 cm³/mol. The first-order valence-corrected chi connectivity index (χ1v) is 8.41. The molecule has 1 aromatic rings. The molecule has 0 amide bonds. The third-order valence-electron chi connectivity index (χ3n) is 4.69. The molecular weight excluding hydrogens is 298 g/mol. The van der Waals surface area contributed by atoms with Crippen LogP contribution in [-0.4, -0.2) is 6.04 Å². The number of halogens is 1. The number of nitrogens with one attached hydrogen (secondary N) is 1. The van der Waals surface area contributed by atoms with Gasteiger partial charge in [0, 0.05) is 16.6 Å². The molecule has 106 valence electrons. The molecule has 1 saturated carbocycles.